The van der Waals surface area contributed by atoms with E-state index in [9.17, 15) is 14.7 Å². The summed E-state index contributed by atoms with van der Waals surface area (Å²) >= 11 is 6.10. The first-order valence-corrected chi connectivity index (χ1v) is 11.4. The summed E-state index contributed by atoms with van der Waals surface area (Å²) in [4.78, 5) is 27.6. The molecule has 0 spiro atoms. The Morgan fingerprint density at radius 3 is 2.33 bits per heavy atom. The van der Waals surface area contributed by atoms with Crippen molar-refractivity contribution < 1.29 is 14.7 Å². The Labute approximate surface area is 186 Å². The lowest BCUT2D eigenvalue weighted by Gasteiger charge is -2.52. The van der Waals surface area contributed by atoms with Gasteiger partial charge < -0.3 is 15.3 Å². The number of likely N-dealkylation sites (tertiary alicyclic amines) is 1. The standard InChI is InChI=1S/C24H39ClN2O3/c1-16(2)20(26-19(28)14-22(3,4)5)21(29)27-13-12-24(30,23(6,7)15-27)17-8-10-18(25)11-9-17/h8,10,16,20,30H,9,11-15H2,1-7H3,(H,26,28)/t20-,24+/m1/s1. The number of carbonyl (C=O) groups is 2. The van der Waals surface area contributed by atoms with Crippen LogP contribution in [0.2, 0.25) is 0 Å². The molecular formula is C24H39ClN2O3. The predicted octanol–water partition coefficient (Wildman–Crippen LogP) is 4.40. The van der Waals surface area contributed by atoms with Crippen LogP contribution in [0.1, 0.15) is 74.1 Å². The molecule has 30 heavy (non-hydrogen) atoms. The number of nitrogens with zero attached hydrogens (tertiary/aromatic N) is 1. The molecular weight excluding hydrogens is 400 g/mol. The van der Waals surface area contributed by atoms with Gasteiger partial charge in [0.25, 0.3) is 0 Å². The van der Waals surface area contributed by atoms with E-state index >= 15 is 0 Å². The molecule has 0 bridgehead atoms. The number of aliphatic hydroxyl groups is 1. The molecule has 1 aliphatic heterocycles. The van der Waals surface area contributed by atoms with E-state index in [-0.39, 0.29) is 23.1 Å². The lowest BCUT2D eigenvalue weighted by Crippen LogP contribution is -2.62. The zero-order chi connectivity index (χ0) is 22.9. The number of piperidine rings is 1. The number of halogens is 1. The summed E-state index contributed by atoms with van der Waals surface area (Å²) in [6.45, 7) is 14.9. The van der Waals surface area contributed by atoms with Crippen LogP contribution in [0.4, 0.5) is 0 Å². The minimum absolute atomic E-state index is 0.0151. The highest BCUT2D eigenvalue weighted by Gasteiger charge is 2.51. The molecule has 1 aliphatic carbocycles. The minimum atomic E-state index is -0.972. The zero-order valence-electron chi connectivity index (χ0n) is 19.6. The highest BCUT2D eigenvalue weighted by Crippen LogP contribution is 2.46. The summed E-state index contributed by atoms with van der Waals surface area (Å²) in [6, 6.07) is -0.558. The number of hydrogen-bond acceptors (Lipinski definition) is 3. The summed E-state index contributed by atoms with van der Waals surface area (Å²) < 4.78 is 0. The molecule has 0 radical (unpaired) electrons. The molecule has 0 aromatic carbocycles. The van der Waals surface area contributed by atoms with Crippen LogP contribution in [0.25, 0.3) is 0 Å². The van der Waals surface area contributed by atoms with Crippen molar-refractivity contribution in [1.82, 2.24) is 10.2 Å². The predicted molar refractivity (Wildman–Crippen MR) is 122 cm³/mol. The first-order chi connectivity index (χ1) is 13.7. The molecule has 2 atom stereocenters. The number of amides is 2. The highest BCUT2D eigenvalue weighted by molar-refractivity contribution is 6.29. The first-order valence-electron chi connectivity index (χ1n) is 11.0. The highest BCUT2D eigenvalue weighted by atomic mass is 35.5. The molecule has 0 saturated carbocycles. The third kappa shape index (κ3) is 5.67. The van der Waals surface area contributed by atoms with Crippen LogP contribution in [0.3, 0.4) is 0 Å². The van der Waals surface area contributed by atoms with Gasteiger partial charge in [0.05, 0.1) is 5.60 Å². The summed E-state index contributed by atoms with van der Waals surface area (Å²) in [5.41, 5.74) is -0.631. The normalized spacial score (nSPS) is 25.5. The molecule has 0 aromatic rings. The smallest absolute Gasteiger partial charge is 0.245 e. The van der Waals surface area contributed by atoms with Crippen molar-refractivity contribution in [3.63, 3.8) is 0 Å². The molecule has 1 saturated heterocycles. The monoisotopic (exact) mass is 438 g/mol. The fourth-order valence-corrected chi connectivity index (χ4v) is 4.64. The van der Waals surface area contributed by atoms with Gasteiger partial charge in [-0.05, 0) is 42.2 Å². The second kappa shape index (κ2) is 9.04. The van der Waals surface area contributed by atoms with Crippen LogP contribution in [0.15, 0.2) is 22.8 Å². The van der Waals surface area contributed by atoms with Gasteiger partial charge in [0, 0.05) is 30.0 Å². The zero-order valence-corrected chi connectivity index (χ0v) is 20.4. The maximum atomic E-state index is 13.3. The number of carbonyl (C=O) groups excluding carboxylic acids is 2. The fourth-order valence-electron chi connectivity index (χ4n) is 4.48. The molecule has 1 heterocycles. The average molecular weight is 439 g/mol. The number of allylic oxidation sites excluding steroid dienone is 3. The maximum absolute atomic E-state index is 13.3. The van der Waals surface area contributed by atoms with Crippen LogP contribution in [0.5, 0.6) is 0 Å². The second-order valence-corrected chi connectivity index (χ2v) is 11.6. The van der Waals surface area contributed by atoms with Gasteiger partial charge in [0.2, 0.25) is 11.8 Å². The van der Waals surface area contributed by atoms with Gasteiger partial charge in [-0.25, -0.2) is 0 Å². The lowest BCUT2D eigenvalue weighted by molar-refractivity contribution is -0.149. The summed E-state index contributed by atoms with van der Waals surface area (Å²) in [5.74, 6) is -0.181. The van der Waals surface area contributed by atoms with Gasteiger partial charge in [-0.1, -0.05) is 66.1 Å². The second-order valence-electron chi connectivity index (χ2n) is 11.1. The summed E-state index contributed by atoms with van der Waals surface area (Å²) in [6.07, 6.45) is 6.13. The quantitative estimate of drug-likeness (QED) is 0.668. The van der Waals surface area contributed by atoms with Gasteiger partial charge in [0.1, 0.15) is 6.04 Å². The fraction of sp³-hybridized carbons (Fsp3) is 0.750. The van der Waals surface area contributed by atoms with E-state index in [1.165, 1.54) is 0 Å². The Bertz CT molecular complexity index is 733. The summed E-state index contributed by atoms with van der Waals surface area (Å²) in [5, 5.41) is 15.3. The molecule has 170 valence electrons. The van der Waals surface area contributed by atoms with E-state index in [4.69, 9.17) is 11.6 Å². The van der Waals surface area contributed by atoms with E-state index in [1.54, 1.807) is 0 Å². The van der Waals surface area contributed by atoms with Crippen molar-refractivity contribution in [1.29, 1.82) is 0 Å². The van der Waals surface area contributed by atoms with E-state index in [1.807, 2.05) is 65.5 Å². The average Bonchev–Trinajstić information content (AvgIpc) is 2.60. The Kier molecular flexibility index (Phi) is 7.51. The van der Waals surface area contributed by atoms with Crippen molar-refractivity contribution in [2.24, 2.45) is 16.7 Å². The van der Waals surface area contributed by atoms with Crippen molar-refractivity contribution in [2.75, 3.05) is 13.1 Å². The van der Waals surface area contributed by atoms with Gasteiger partial charge in [-0.3, -0.25) is 9.59 Å². The number of rotatable bonds is 5. The lowest BCUT2D eigenvalue weighted by atomic mass is 9.64. The van der Waals surface area contributed by atoms with Crippen LogP contribution < -0.4 is 5.32 Å². The SMILES string of the molecule is CC(C)[C@@H](NC(=O)CC(C)(C)C)C(=O)N1CC[C@](O)(C2=CC=C(Cl)CC2)C(C)(C)C1. The topological polar surface area (TPSA) is 69.6 Å². The first kappa shape index (κ1) is 24.9. The minimum Gasteiger partial charge on any atom is -0.385 e. The Morgan fingerprint density at radius 2 is 1.87 bits per heavy atom. The number of hydrogen-bond donors (Lipinski definition) is 2. The van der Waals surface area contributed by atoms with Crippen molar-refractivity contribution in [2.45, 2.75) is 85.8 Å². The van der Waals surface area contributed by atoms with E-state index in [0.29, 0.717) is 25.9 Å². The largest absolute Gasteiger partial charge is 0.385 e. The molecule has 2 rings (SSSR count). The maximum Gasteiger partial charge on any atom is 0.245 e. The van der Waals surface area contributed by atoms with Gasteiger partial charge >= 0.3 is 0 Å². The number of nitrogens with one attached hydrogen (secondary N) is 1. The molecule has 2 aliphatic rings. The van der Waals surface area contributed by atoms with Crippen molar-refractivity contribution in [3.05, 3.63) is 22.8 Å². The van der Waals surface area contributed by atoms with E-state index in [2.05, 4.69) is 5.32 Å². The van der Waals surface area contributed by atoms with Crippen LogP contribution in [-0.2, 0) is 9.59 Å². The third-order valence-corrected chi connectivity index (χ3v) is 6.65. The summed E-state index contributed by atoms with van der Waals surface area (Å²) in [7, 11) is 0. The Balaban J connectivity index is 2.15. The van der Waals surface area contributed by atoms with Gasteiger partial charge in [-0.15, -0.1) is 0 Å². The third-order valence-electron chi connectivity index (χ3n) is 6.33. The molecule has 6 heteroatoms. The molecule has 1 fully saturated rings. The van der Waals surface area contributed by atoms with Crippen LogP contribution >= 0.6 is 11.6 Å². The molecule has 0 aromatic heterocycles. The van der Waals surface area contributed by atoms with Crippen LogP contribution in [0, 0.1) is 16.7 Å². The van der Waals surface area contributed by atoms with Gasteiger partial charge in [0.15, 0.2) is 0 Å². The molecule has 5 nitrogen and oxygen atoms in total. The Morgan fingerprint density at radius 1 is 1.23 bits per heavy atom. The van der Waals surface area contributed by atoms with E-state index < -0.39 is 17.1 Å². The van der Waals surface area contributed by atoms with Crippen LogP contribution in [-0.4, -0.2) is 46.6 Å². The molecule has 2 N–H and O–H groups in total. The molecule has 2 amide bonds. The van der Waals surface area contributed by atoms with Crippen molar-refractivity contribution in [3.8, 4) is 0 Å². The Hall–Kier alpha value is -1.33. The van der Waals surface area contributed by atoms with E-state index in [0.717, 1.165) is 23.4 Å². The molecule has 0 unspecified atom stereocenters. The van der Waals surface area contributed by atoms with Crippen molar-refractivity contribution >= 4 is 23.4 Å². The van der Waals surface area contributed by atoms with Gasteiger partial charge in [-0.2, -0.15) is 0 Å².